The Morgan fingerprint density at radius 3 is 1.23 bits per heavy atom. The van der Waals surface area contributed by atoms with Crippen molar-refractivity contribution in [2.75, 3.05) is 27.3 Å². The van der Waals surface area contributed by atoms with Crippen molar-refractivity contribution in [3.63, 3.8) is 0 Å². The Bertz CT molecular complexity index is 994. The van der Waals surface area contributed by atoms with Gasteiger partial charge in [-0.3, -0.25) is 0 Å². The number of nitrogens with zero attached hydrogens (tertiary/aromatic N) is 2. The smallest absolute Gasteiger partial charge is 0.245 e. The van der Waals surface area contributed by atoms with Crippen LogP contribution in [-0.2, 0) is 29.5 Å². The summed E-state index contributed by atoms with van der Waals surface area (Å²) in [5.74, 6) is 0. The highest BCUT2D eigenvalue weighted by Gasteiger charge is 2.45. The van der Waals surface area contributed by atoms with Crippen LogP contribution >= 0.6 is 0 Å². The van der Waals surface area contributed by atoms with Gasteiger partial charge in [-0.15, -0.1) is 0 Å². The van der Waals surface area contributed by atoms with Crippen LogP contribution in [0.25, 0.3) is 0 Å². The van der Waals surface area contributed by atoms with E-state index in [1.807, 2.05) is 13.8 Å². The third-order valence-electron chi connectivity index (χ3n) is 5.11. The summed E-state index contributed by atoms with van der Waals surface area (Å²) in [5.41, 5.74) is 1.86. The van der Waals surface area contributed by atoms with Crippen LogP contribution in [0.4, 0.5) is 0 Å². The Morgan fingerprint density at radius 1 is 0.667 bits per heavy atom. The molecule has 0 radical (unpaired) electrons. The van der Waals surface area contributed by atoms with Crippen LogP contribution in [-0.4, -0.2) is 65.2 Å². The lowest BCUT2D eigenvalue weighted by Gasteiger charge is -2.43. The van der Waals surface area contributed by atoms with Crippen LogP contribution in [0.5, 0.6) is 0 Å². The summed E-state index contributed by atoms with van der Waals surface area (Å²) in [5, 5.41) is 0. The summed E-state index contributed by atoms with van der Waals surface area (Å²) >= 11 is 0. The summed E-state index contributed by atoms with van der Waals surface area (Å²) in [6.07, 6.45) is -1.99. The zero-order valence-electron chi connectivity index (χ0n) is 17.3. The highest BCUT2D eigenvalue weighted by Crippen LogP contribution is 2.29. The van der Waals surface area contributed by atoms with Gasteiger partial charge in [-0.2, -0.15) is 8.61 Å². The van der Waals surface area contributed by atoms with Gasteiger partial charge in [0.15, 0.2) is 0 Å². The quantitative estimate of drug-likeness (QED) is 0.662. The number of ether oxygens (including phenoxy) is 2. The number of hydrogen-bond acceptors (Lipinski definition) is 6. The first-order chi connectivity index (χ1) is 14.1. The molecule has 0 spiro atoms. The molecule has 2 unspecified atom stereocenters. The molecular weight excluding hydrogens is 428 g/mol. The molecular formula is C20H26N2O6S2. The van der Waals surface area contributed by atoms with Gasteiger partial charge in [0.25, 0.3) is 0 Å². The van der Waals surface area contributed by atoms with Gasteiger partial charge in [0, 0.05) is 14.2 Å². The van der Waals surface area contributed by atoms with Crippen molar-refractivity contribution in [3.05, 3.63) is 59.7 Å². The summed E-state index contributed by atoms with van der Waals surface area (Å²) in [6.45, 7) is 3.33. The van der Waals surface area contributed by atoms with E-state index in [9.17, 15) is 16.8 Å². The number of hydrogen-bond donors (Lipinski definition) is 0. The fraction of sp³-hybridized carbons (Fsp3) is 0.400. The molecule has 2 atom stereocenters. The molecule has 164 valence electrons. The summed E-state index contributed by atoms with van der Waals surface area (Å²) in [4.78, 5) is 0.222. The Morgan fingerprint density at radius 2 is 0.967 bits per heavy atom. The molecule has 2 aromatic rings. The highest BCUT2D eigenvalue weighted by molar-refractivity contribution is 7.89. The Kier molecular flexibility index (Phi) is 6.66. The lowest BCUT2D eigenvalue weighted by Crippen LogP contribution is -2.62. The number of benzene rings is 2. The maximum atomic E-state index is 13.2. The number of sulfonamides is 2. The standard InChI is InChI=1S/C20H26N2O6S2/c1-15-5-9-17(10-6-15)29(23,24)21-13-20(28-4)22(14-19(21)27-3)30(25,26)18-11-7-16(2)8-12-18/h5-12,19-20H,13-14H2,1-4H3. The Balaban J connectivity index is 1.96. The van der Waals surface area contributed by atoms with Gasteiger partial charge in [0.05, 0.1) is 22.9 Å². The van der Waals surface area contributed by atoms with E-state index in [2.05, 4.69) is 0 Å². The van der Waals surface area contributed by atoms with Gasteiger partial charge in [0.2, 0.25) is 20.0 Å². The lowest BCUT2D eigenvalue weighted by molar-refractivity contribution is -0.0997. The predicted octanol–water partition coefficient (Wildman–Crippen LogP) is 1.94. The molecule has 0 amide bonds. The van der Waals surface area contributed by atoms with Crippen molar-refractivity contribution in [1.29, 1.82) is 0 Å². The minimum atomic E-state index is -3.92. The zero-order valence-corrected chi connectivity index (χ0v) is 19.0. The Hall–Kier alpha value is -1.82. The van der Waals surface area contributed by atoms with Crippen molar-refractivity contribution >= 4 is 20.0 Å². The molecule has 0 aliphatic carbocycles. The molecule has 1 heterocycles. The van der Waals surface area contributed by atoms with Crippen molar-refractivity contribution in [3.8, 4) is 0 Å². The highest BCUT2D eigenvalue weighted by atomic mass is 32.2. The van der Waals surface area contributed by atoms with E-state index in [1.165, 1.54) is 38.5 Å². The van der Waals surface area contributed by atoms with E-state index in [4.69, 9.17) is 9.47 Å². The molecule has 2 aromatic carbocycles. The van der Waals surface area contributed by atoms with Gasteiger partial charge in [-0.05, 0) is 38.1 Å². The molecule has 1 saturated heterocycles. The molecule has 10 heteroatoms. The van der Waals surface area contributed by atoms with Gasteiger partial charge in [0.1, 0.15) is 12.5 Å². The lowest BCUT2D eigenvalue weighted by atomic mass is 10.2. The number of aryl methyl sites for hydroxylation is 2. The van der Waals surface area contributed by atoms with Gasteiger partial charge < -0.3 is 9.47 Å². The van der Waals surface area contributed by atoms with E-state index in [0.29, 0.717) is 0 Å². The zero-order chi connectivity index (χ0) is 22.1. The number of rotatable bonds is 6. The molecule has 30 heavy (non-hydrogen) atoms. The first kappa shape index (κ1) is 22.9. The molecule has 3 rings (SSSR count). The van der Waals surface area contributed by atoms with Crippen molar-refractivity contribution < 1.29 is 26.3 Å². The summed E-state index contributed by atoms with van der Waals surface area (Å²) in [7, 11) is -5.12. The topological polar surface area (TPSA) is 93.2 Å². The minimum Gasteiger partial charge on any atom is -0.364 e. The maximum absolute atomic E-state index is 13.2. The molecule has 8 nitrogen and oxygen atoms in total. The van der Waals surface area contributed by atoms with E-state index < -0.39 is 32.5 Å². The second-order valence-corrected chi connectivity index (χ2v) is 10.9. The number of methoxy groups -OCH3 is 2. The molecule has 0 saturated carbocycles. The fourth-order valence-electron chi connectivity index (χ4n) is 3.31. The first-order valence-electron chi connectivity index (χ1n) is 9.34. The largest absolute Gasteiger partial charge is 0.364 e. The van der Waals surface area contributed by atoms with Gasteiger partial charge in [-0.25, -0.2) is 16.8 Å². The predicted molar refractivity (Wildman–Crippen MR) is 112 cm³/mol. The Labute approximate surface area is 178 Å². The van der Waals surface area contributed by atoms with E-state index in [-0.39, 0.29) is 22.9 Å². The average molecular weight is 455 g/mol. The molecule has 0 bridgehead atoms. The first-order valence-corrected chi connectivity index (χ1v) is 12.2. The van der Waals surface area contributed by atoms with Crippen LogP contribution in [0.15, 0.2) is 58.3 Å². The molecule has 1 aliphatic rings. The van der Waals surface area contributed by atoms with Crippen LogP contribution in [0.2, 0.25) is 0 Å². The van der Waals surface area contributed by atoms with Crippen LogP contribution in [0.1, 0.15) is 11.1 Å². The molecule has 0 N–H and O–H groups in total. The van der Waals surface area contributed by atoms with E-state index in [1.54, 1.807) is 24.3 Å². The molecule has 1 aliphatic heterocycles. The van der Waals surface area contributed by atoms with Crippen molar-refractivity contribution in [2.45, 2.75) is 36.1 Å². The monoisotopic (exact) mass is 454 g/mol. The van der Waals surface area contributed by atoms with Crippen molar-refractivity contribution in [1.82, 2.24) is 8.61 Å². The fourth-order valence-corrected chi connectivity index (χ4v) is 6.38. The third-order valence-corrected chi connectivity index (χ3v) is 8.85. The van der Waals surface area contributed by atoms with Crippen LogP contribution in [0.3, 0.4) is 0 Å². The second-order valence-electron chi connectivity index (χ2n) is 7.16. The van der Waals surface area contributed by atoms with Crippen LogP contribution < -0.4 is 0 Å². The van der Waals surface area contributed by atoms with Crippen LogP contribution in [0, 0.1) is 13.8 Å². The van der Waals surface area contributed by atoms with Gasteiger partial charge >= 0.3 is 0 Å². The minimum absolute atomic E-state index is 0.111. The van der Waals surface area contributed by atoms with E-state index >= 15 is 0 Å². The molecule has 1 fully saturated rings. The number of piperazine rings is 1. The normalized spacial score (nSPS) is 21.6. The summed E-state index contributed by atoms with van der Waals surface area (Å²) < 4.78 is 65.9. The molecule has 0 aromatic heterocycles. The average Bonchev–Trinajstić information content (AvgIpc) is 2.73. The van der Waals surface area contributed by atoms with Crippen molar-refractivity contribution in [2.24, 2.45) is 0 Å². The van der Waals surface area contributed by atoms with Gasteiger partial charge in [-0.1, -0.05) is 35.4 Å². The second kappa shape index (κ2) is 8.74. The third kappa shape index (κ3) is 4.29. The summed E-state index contributed by atoms with van der Waals surface area (Å²) in [6, 6.07) is 12.9. The van der Waals surface area contributed by atoms with E-state index in [0.717, 1.165) is 19.7 Å². The SMILES string of the molecule is COC1CN(S(=O)(=O)c2ccc(C)cc2)C(OC)CN1S(=O)(=O)c1ccc(C)cc1. The maximum Gasteiger partial charge on any atom is 0.245 e.